The molecule has 1 fully saturated rings. The van der Waals surface area contributed by atoms with E-state index in [1.54, 1.807) is 18.1 Å². The van der Waals surface area contributed by atoms with Crippen LogP contribution in [-0.2, 0) is 20.8 Å². The number of fused-ring (bicyclic) bond motifs is 1. The molecule has 3 rings (SSSR count). The minimum absolute atomic E-state index is 0.0668. The Morgan fingerprint density at radius 3 is 2.96 bits per heavy atom. The molecule has 128 valence electrons. The maximum atomic E-state index is 12.2. The van der Waals surface area contributed by atoms with Gasteiger partial charge in [0.25, 0.3) is 0 Å². The lowest BCUT2D eigenvalue weighted by Crippen LogP contribution is -2.32. The zero-order chi connectivity index (χ0) is 16.8. The zero-order valence-electron chi connectivity index (χ0n) is 14.0. The first-order valence-electron chi connectivity index (χ1n) is 8.36. The lowest BCUT2D eigenvalue weighted by molar-refractivity contribution is -0.137. The summed E-state index contributed by atoms with van der Waals surface area (Å²) >= 11 is 0. The molecule has 0 spiro atoms. The molecule has 0 N–H and O–H groups in total. The molecule has 1 amide bonds. The SMILES string of the molecule is CN(Cc1cnc2ccccc2n1)C(=O)COC[C@H]1CCCCO1. The lowest BCUT2D eigenvalue weighted by Gasteiger charge is -2.23. The highest BCUT2D eigenvalue weighted by Gasteiger charge is 2.16. The molecular formula is C18H23N3O3. The predicted molar refractivity (Wildman–Crippen MR) is 90.4 cm³/mol. The number of para-hydroxylation sites is 2. The van der Waals surface area contributed by atoms with Crippen LogP contribution in [0.1, 0.15) is 25.0 Å². The van der Waals surface area contributed by atoms with Crippen LogP contribution < -0.4 is 0 Å². The third-order valence-corrected chi connectivity index (χ3v) is 4.13. The molecule has 1 saturated heterocycles. The largest absolute Gasteiger partial charge is 0.376 e. The number of hydrogen-bond acceptors (Lipinski definition) is 5. The van der Waals surface area contributed by atoms with Crippen LogP contribution in [0.15, 0.2) is 30.5 Å². The summed E-state index contributed by atoms with van der Waals surface area (Å²) in [5, 5.41) is 0. The Bertz CT molecular complexity index is 686. The molecule has 1 aromatic heterocycles. The first-order valence-corrected chi connectivity index (χ1v) is 8.36. The van der Waals surface area contributed by atoms with E-state index in [9.17, 15) is 4.79 Å². The van der Waals surface area contributed by atoms with Crippen molar-refractivity contribution in [1.29, 1.82) is 0 Å². The molecule has 1 aliphatic rings. The molecule has 1 atom stereocenters. The van der Waals surface area contributed by atoms with Gasteiger partial charge in [-0.2, -0.15) is 0 Å². The molecule has 24 heavy (non-hydrogen) atoms. The second kappa shape index (κ2) is 8.17. The number of amides is 1. The topological polar surface area (TPSA) is 64.6 Å². The van der Waals surface area contributed by atoms with Crippen LogP contribution in [0.25, 0.3) is 11.0 Å². The van der Waals surface area contributed by atoms with Crippen molar-refractivity contribution in [2.45, 2.75) is 31.9 Å². The van der Waals surface area contributed by atoms with Crippen molar-refractivity contribution >= 4 is 16.9 Å². The number of hydrogen-bond donors (Lipinski definition) is 0. The van der Waals surface area contributed by atoms with Gasteiger partial charge in [0.15, 0.2) is 0 Å². The van der Waals surface area contributed by atoms with Crippen LogP contribution in [0.2, 0.25) is 0 Å². The summed E-state index contributed by atoms with van der Waals surface area (Å²) in [4.78, 5) is 22.7. The minimum Gasteiger partial charge on any atom is -0.376 e. The molecule has 2 aromatic rings. The normalized spacial score (nSPS) is 17.8. The fourth-order valence-corrected chi connectivity index (χ4v) is 2.73. The summed E-state index contributed by atoms with van der Waals surface area (Å²) in [5.74, 6) is -0.0687. The summed E-state index contributed by atoms with van der Waals surface area (Å²) in [5.41, 5.74) is 2.45. The molecule has 6 heteroatoms. The zero-order valence-corrected chi connectivity index (χ0v) is 14.0. The van der Waals surface area contributed by atoms with Crippen LogP contribution >= 0.6 is 0 Å². The smallest absolute Gasteiger partial charge is 0.248 e. The summed E-state index contributed by atoms with van der Waals surface area (Å²) in [6, 6.07) is 7.69. The van der Waals surface area contributed by atoms with Gasteiger partial charge in [-0.15, -0.1) is 0 Å². The maximum Gasteiger partial charge on any atom is 0.248 e. The number of rotatable bonds is 6. The summed E-state index contributed by atoms with van der Waals surface area (Å²) < 4.78 is 11.1. The Kier molecular flexibility index (Phi) is 5.72. The van der Waals surface area contributed by atoms with Crippen molar-refractivity contribution in [3.8, 4) is 0 Å². The lowest BCUT2D eigenvalue weighted by atomic mass is 10.1. The fourth-order valence-electron chi connectivity index (χ4n) is 2.73. The molecule has 0 unspecified atom stereocenters. The van der Waals surface area contributed by atoms with Crippen LogP contribution in [0.5, 0.6) is 0 Å². The van der Waals surface area contributed by atoms with Crippen molar-refractivity contribution in [2.24, 2.45) is 0 Å². The van der Waals surface area contributed by atoms with Gasteiger partial charge >= 0.3 is 0 Å². The second-order valence-corrected chi connectivity index (χ2v) is 6.10. The minimum atomic E-state index is -0.0687. The van der Waals surface area contributed by atoms with Gasteiger partial charge in [0.1, 0.15) is 6.61 Å². The number of nitrogens with zero attached hydrogens (tertiary/aromatic N) is 3. The molecule has 2 heterocycles. The highest BCUT2D eigenvalue weighted by molar-refractivity contribution is 5.77. The molecule has 0 saturated carbocycles. The van der Waals surface area contributed by atoms with E-state index in [0.717, 1.165) is 36.2 Å². The highest BCUT2D eigenvalue weighted by Crippen LogP contribution is 2.13. The Morgan fingerprint density at radius 2 is 2.17 bits per heavy atom. The molecule has 0 aliphatic carbocycles. The van der Waals surface area contributed by atoms with Gasteiger partial charge in [-0.25, -0.2) is 4.98 Å². The van der Waals surface area contributed by atoms with Gasteiger partial charge in [-0.05, 0) is 31.4 Å². The average molecular weight is 329 g/mol. The van der Waals surface area contributed by atoms with Crippen LogP contribution in [0, 0.1) is 0 Å². The van der Waals surface area contributed by atoms with E-state index in [0.29, 0.717) is 13.2 Å². The van der Waals surface area contributed by atoms with Crippen molar-refractivity contribution < 1.29 is 14.3 Å². The number of ether oxygens (including phenoxy) is 2. The van der Waals surface area contributed by atoms with Gasteiger partial charge in [0.2, 0.25) is 5.91 Å². The van der Waals surface area contributed by atoms with Crippen molar-refractivity contribution in [3.05, 3.63) is 36.2 Å². The third kappa shape index (κ3) is 4.49. The first kappa shape index (κ1) is 16.8. The fraction of sp³-hybridized carbons (Fsp3) is 0.500. The maximum absolute atomic E-state index is 12.2. The molecule has 1 aliphatic heterocycles. The molecule has 1 aromatic carbocycles. The van der Waals surface area contributed by atoms with E-state index in [-0.39, 0.29) is 18.6 Å². The van der Waals surface area contributed by atoms with Gasteiger partial charge in [-0.3, -0.25) is 9.78 Å². The Labute approximate surface area is 141 Å². The van der Waals surface area contributed by atoms with Crippen molar-refractivity contribution in [3.63, 3.8) is 0 Å². The van der Waals surface area contributed by atoms with E-state index in [1.165, 1.54) is 6.42 Å². The van der Waals surface area contributed by atoms with E-state index in [4.69, 9.17) is 9.47 Å². The number of carbonyl (C=O) groups is 1. The van der Waals surface area contributed by atoms with E-state index < -0.39 is 0 Å². The molecule has 6 nitrogen and oxygen atoms in total. The van der Waals surface area contributed by atoms with E-state index in [2.05, 4.69) is 9.97 Å². The quantitative estimate of drug-likeness (QED) is 0.813. The molecular weight excluding hydrogens is 306 g/mol. The van der Waals surface area contributed by atoms with Crippen molar-refractivity contribution in [2.75, 3.05) is 26.9 Å². The first-order chi connectivity index (χ1) is 11.7. The number of likely N-dealkylation sites (N-methyl/N-ethyl adjacent to an activating group) is 1. The number of carbonyl (C=O) groups excluding carboxylic acids is 1. The van der Waals surface area contributed by atoms with Crippen LogP contribution in [0.4, 0.5) is 0 Å². The number of benzene rings is 1. The monoisotopic (exact) mass is 329 g/mol. The Morgan fingerprint density at radius 1 is 1.33 bits per heavy atom. The summed E-state index contributed by atoms with van der Waals surface area (Å²) in [6.45, 7) is 1.76. The second-order valence-electron chi connectivity index (χ2n) is 6.10. The van der Waals surface area contributed by atoms with Gasteiger partial charge < -0.3 is 14.4 Å². The molecule has 0 bridgehead atoms. The number of aromatic nitrogens is 2. The third-order valence-electron chi connectivity index (χ3n) is 4.13. The van der Waals surface area contributed by atoms with Crippen molar-refractivity contribution in [1.82, 2.24) is 14.9 Å². The Hall–Kier alpha value is -2.05. The molecule has 0 radical (unpaired) electrons. The van der Waals surface area contributed by atoms with E-state index in [1.807, 2.05) is 24.3 Å². The van der Waals surface area contributed by atoms with Gasteiger partial charge in [-0.1, -0.05) is 12.1 Å². The summed E-state index contributed by atoms with van der Waals surface area (Å²) in [6.07, 6.45) is 5.13. The van der Waals surface area contributed by atoms with Crippen LogP contribution in [-0.4, -0.2) is 53.7 Å². The Balaban J connectivity index is 1.47. The van der Waals surface area contributed by atoms with E-state index >= 15 is 0 Å². The average Bonchev–Trinajstić information content (AvgIpc) is 2.62. The van der Waals surface area contributed by atoms with Crippen LogP contribution in [0.3, 0.4) is 0 Å². The highest BCUT2D eigenvalue weighted by atomic mass is 16.5. The van der Waals surface area contributed by atoms with Gasteiger partial charge in [0, 0.05) is 13.7 Å². The predicted octanol–water partition coefficient (Wildman–Crippen LogP) is 2.17. The standard InChI is InChI=1S/C18H23N3O3/c1-21(18(22)13-23-12-15-6-4-5-9-24-15)11-14-10-19-16-7-2-3-8-17(16)20-14/h2-3,7-8,10,15H,4-6,9,11-13H2,1H3/t15-/m1/s1. The van der Waals surface area contributed by atoms with Gasteiger partial charge in [0.05, 0.1) is 42.2 Å². The summed E-state index contributed by atoms with van der Waals surface area (Å²) in [7, 11) is 1.75.